The van der Waals surface area contributed by atoms with Crippen LogP contribution in [-0.2, 0) is 13.0 Å². The Morgan fingerprint density at radius 1 is 1.28 bits per heavy atom. The molecule has 0 saturated carbocycles. The van der Waals surface area contributed by atoms with E-state index in [1.54, 1.807) is 7.11 Å². The number of likely N-dealkylation sites (N-methyl/N-ethyl adjacent to an activating group) is 1. The highest BCUT2D eigenvalue weighted by Gasteiger charge is 2.32. The van der Waals surface area contributed by atoms with E-state index >= 15 is 0 Å². The van der Waals surface area contributed by atoms with Crippen molar-refractivity contribution in [2.75, 3.05) is 27.5 Å². The van der Waals surface area contributed by atoms with Crippen LogP contribution in [0.3, 0.4) is 0 Å². The normalized spacial score (nSPS) is 17.4. The lowest BCUT2D eigenvalue weighted by atomic mass is 9.93. The van der Waals surface area contributed by atoms with Gasteiger partial charge in [0.15, 0.2) is 17.8 Å². The van der Waals surface area contributed by atoms with E-state index in [2.05, 4.69) is 4.90 Å². The Bertz CT molecular complexity index is 512. The highest BCUT2D eigenvalue weighted by molar-refractivity contribution is 5.87. The summed E-state index contributed by atoms with van der Waals surface area (Å²) in [6.07, 6.45) is 1.68. The zero-order valence-electron chi connectivity index (χ0n) is 10.5. The van der Waals surface area contributed by atoms with Crippen molar-refractivity contribution in [3.05, 3.63) is 16.7 Å². The minimum absolute atomic E-state index is 0.144. The maximum Gasteiger partial charge on any atom is 0.231 e. The van der Waals surface area contributed by atoms with Gasteiger partial charge in [0.25, 0.3) is 0 Å². The molecule has 0 fully saturated rings. The molecule has 2 heterocycles. The average molecular weight is 249 g/mol. The Labute approximate surface area is 105 Å². The van der Waals surface area contributed by atoms with Gasteiger partial charge in [0.1, 0.15) is 0 Å². The summed E-state index contributed by atoms with van der Waals surface area (Å²) in [6.45, 7) is 1.83. The molecule has 1 aromatic rings. The Morgan fingerprint density at radius 2 is 2.06 bits per heavy atom. The molecular formula is C13H15NO4. The van der Waals surface area contributed by atoms with Gasteiger partial charge in [-0.25, -0.2) is 0 Å². The van der Waals surface area contributed by atoms with Gasteiger partial charge in [0.05, 0.1) is 12.7 Å². The SMILES string of the molecule is COc1c2c(c(C=O)c3c1OCO3)CCN(C)C2. The number of rotatable bonds is 2. The molecule has 0 radical (unpaired) electrons. The summed E-state index contributed by atoms with van der Waals surface area (Å²) >= 11 is 0. The first kappa shape index (κ1) is 11.3. The minimum atomic E-state index is 0.144. The van der Waals surface area contributed by atoms with Gasteiger partial charge >= 0.3 is 0 Å². The summed E-state index contributed by atoms with van der Waals surface area (Å²) in [6, 6.07) is 0. The number of fused-ring (bicyclic) bond motifs is 2. The molecule has 96 valence electrons. The highest BCUT2D eigenvalue weighted by Crippen LogP contribution is 2.48. The molecule has 0 N–H and O–H groups in total. The van der Waals surface area contributed by atoms with Gasteiger partial charge < -0.3 is 19.1 Å². The standard InChI is InChI=1S/C13H15NO4/c1-14-4-3-8-9(5-14)11(16-2)13-12(10(8)6-15)17-7-18-13/h6H,3-5,7H2,1-2H3. The molecule has 5 heteroatoms. The molecule has 0 atom stereocenters. The third kappa shape index (κ3) is 1.47. The lowest BCUT2D eigenvalue weighted by Crippen LogP contribution is -2.28. The third-order valence-corrected chi connectivity index (χ3v) is 3.52. The van der Waals surface area contributed by atoms with Crippen LogP contribution in [0.15, 0.2) is 0 Å². The second kappa shape index (κ2) is 4.17. The number of aldehydes is 1. The fourth-order valence-corrected chi connectivity index (χ4v) is 2.67. The third-order valence-electron chi connectivity index (χ3n) is 3.52. The number of benzene rings is 1. The summed E-state index contributed by atoms with van der Waals surface area (Å²) in [7, 11) is 3.67. The molecule has 2 aliphatic rings. The predicted molar refractivity (Wildman–Crippen MR) is 64.5 cm³/mol. The van der Waals surface area contributed by atoms with Crippen LogP contribution in [0.25, 0.3) is 0 Å². The number of nitrogens with zero attached hydrogens (tertiary/aromatic N) is 1. The highest BCUT2D eigenvalue weighted by atomic mass is 16.7. The summed E-state index contributed by atoms with van der Waals surface area (Å²) in [5.74, 6) is 1.80. The lowest BCUT2D eigenvalue weighted by molar-refractivity contribution is 0.111. The molecule has 3 rings (SSSR count). The number of carbonyl (C=O) groups excluding carboxylic acids is 1. The van der Waals surface area contributed by atoms with E-state index in [9.17, 15) is 4.79 Å². The number of methoxy groups -OCH3 is 1. The van der Waals surface area contributed by atoms with E-state index in [-0.39, 0.29) is 6.79 Å². The van der Waals surface area contributed by atoms with Gasteiger partial charge in [-0.3, -0.25) is 4.79 Å². The molecule has 0 spiro atoms. The van der Waals surface area contributed by atoms with Gasteiger partial charge in [0, 0.05) is 18.7 Å². The Balaban J connectivity index is 2.28. The van der Waals surface area contributed by atoms with Crippen molar-refractivity contribution in [3.8, 4) is 17.2 Å². The van der Waals surface area contributed by atoms with E-state index in [1.807, 2.05) is 7.05 Å². The number of hydrogen-bond donors (Lipinski definition) is 0. The number of carbonyl (C=O) groups is 1. The van der Waals surface area contributed by atoms with Crippen LogP contribution in [-0.4, -0.2) is 38.7 Å². The maximum absolute atomic E-state index is 11.3. The average Bonchev–Trinajstić information content (AvgIpc) is 2.84. The van der Waals surface area contributed by atoms with E-state index in [0.717, 1.165) is 36.9 Å². The van der Waals surface area contributed by atoms with Crippen LogP contribution < -0.4 is 14.2 Å². The van der Waals surface area contributed by atoms with Crippen molar-refractivity contribution in [1.29, 1.82) is 0 Å². The molecule has 2 aliphatic heterocycles. The fraction of sp³-hybridized carbons (Fsp3) is 0.462. The van der Waals surface area contributed by atoms with Crippen molar-refractivity contribution >= 4 is 6.29 Å². The van der Waals surface area contributed by atoms with Crippen LogP contribution in [0.4, 0.5) is 0 Å². The van der Waals surface area contributed by atoms with Crippen LogP contribution >= 0.6 is 0 Å². The van der Waals surface area contributed by atoms with Gasteiger partial charge in [-0.2, -0.15) is 0 Å². The Morgan fingerprint density at radius 3 is 2.78 bits per heavy atom. The zero-order chi connectivity index (χ0) is 12.7. The molecule has 0 aromatic heterocycles. The molecule has 0 bridgehead atoms. The van der Waals surface area contributed by atoms with Gasteiger partial charge in [-0.1, -0.05) is 0 Å². The Hall–Kier alpha value is -1.75. The van der Waals surface area contributed by atoms with E-state index < -0.39 is 0 Å². The summed E-state index contributed by atoms with van der Waals surface area (Å²) in [4.78, 5) is 13.5. The number of ether oxygens (including phenoxy) is 3. The molecule has 5 nitrogen and oxygen atoms in total. The van der Waals surface area contributed by atoms with Crippen molar-refractivity contribution < 1.29 is 19.0 Å². The minimum Gasteiger partial charge on any atom is -0.492 e. The van der Waals surface area contributed by atoms with Crippen molar-refractivity contribution in [2.45, 2.75) is 13.0 Å². The van der Waals surface area contributed by atoms with Crippen LogP contribution in [0.1, 0.15) is 21.5 Å². The maximum atomic E-state index is 11.3. The Kier molecular flexibility index (Phi) is 2.63. The van der Waals surface area contributed by atoms with Crippen molar-refractivity contribution in [3.63, 3.8) is 0 Å². The lowest BCUT2D eigenvalue weighted by Gasteiger charge is -2.28. The quantitative estimate of drug-likeness (QED) is 0.738. The summed E-state index contributed by atoms with van der Waals surface area (Å²) < 4.78 is 16.3. The first-order valence-electron chi connectivity index (χ1n) is 5.91. The first-order valence-corrected chi connectivity index (χ1v) is 5.91. The van der Waals surface area contributed by atoms with Crippen LogP contribution in [0, 0.1) is 0 Å². The smallest absolute Gasteiger partial charge is 0.231 e. The van der Waals surface area contributed by atoms with Crippen molar-refractivity contribution in [2.24, 2.45) is 0 Å². The summed E-state index contributed by atoms with van der Waals surface area (Å²) in [5.41, 5.74) is 2.69. The molecule has 1 aromatic carbocycles. The first-order chi connectivity index (χ1) is 8.76. The predicted octanol–water partition coefficient (Wildman–Crippen LogP) is 1.22. The molecule has 0 saturated heterocycles. The largest absolute Gasteiger partial charge is 0.492 e. The topological polar surface area (TPSA) is 48.0 Å². The molecule has 18 heavy (non-hydrogen) atoms. The fourth-order valence-electron chi connectivity index (χ4n) is 2.67. The molecule has 0 amide bonds. The van der Waals surface area contributed by atoms with E-state index in [1.165, 1.54) is 0 Å². The summed E-state index contributed by atoms with van der Waals surface area (Å²) in [5, 5.41) is 0. The monoisotopic (exact) mass is 249 g/mol. The van der Waals surface area contributed by atoms with Gasteiger partial charge in [-0.15, -0.1) is 0 Å². The second-order valence-electron chi connectivity index (χ2n) is 4.57. The van der Waals surface area contributed by atoms with Crippen LogP contribution in [0.5, 0.6) is 17.2 Å². The van der Waals surface area contributed by atoms with Crippen molar-refractivity contribution in [1.82, 2.24) is 4.90 Å². The molecule has 0 unspecified atom stereocenters. The van der Waals surface area contributed by atoms with Gasteiger partial charge in [0.2, 0.25) is 12.5 Å². The number of hydrogen-bond acceptors (Lipinski definition) is 5. The zero-order valence-corrected chi connectivity index (χ0v) is 10.5. The van der Waals surface area contributed by atoms with E-state index in [4.69, 9.17) is 14.2 Å². The molecule has 0 aliphatic carbocycles. The second-order valence-corrected chi connectivity index (χ2v) is 4.57. The molecular weight excluding hydrogens is 234 g/mol. The van der Waals surface area contributed by atoms with E-state index in [0.29, 0.717) is 22.8 Å². The van der Waals surface area contributed by atoms with Crippen LogP contribution in [0.2, 0.25) is 0 Å². The van der Waals surface area contributed by atoms with Gasteiger partial charge in [-0.05, 0) is 19.0 Å².